The number of benzene rings is 2. The Kier molecular flexibility index (Phi) is 4.59. The highest BCUT2D eigenvalue weighted by atomic mass is 35.5. The lowest BCUT2D eigenvalue weighted by atomic mass is 9.76. The van der Waals surface area contributed by atoms with Gasteiger partial charge >= 0.3 is 5.97 Å². The first kappa shape index (κ1) is 18.9. The molecular formula is C23H19ClN2O4. The molecule has 7 heteroatoms. The van der Waals surface area contributed by atoms with Gasteiger partial charge in [-0.2, -0.15) is 5.10 Å². The molecule has 2 aromatic carbocycles. The molecule has 2 atom stereocenters. The van der Waals surface area contributed by atoms with E-state index in [2.05, 4.69) is 12.2 Å². The number of anilines is 1. The molecule has 30 heavy (non-hydrogen) atoms. The Labute approximate surface area is 178 Å². The molecule has 0 saturated carbocycles. The molecule has 5 rings (SSSR count). The lowest BCUT2D eigenvalue weighted by Crippen LogP contribution is -2.45. The third-order valence-electron chi connectivity index (χ3n) is 5.88. The molecule has 0 bridgehead atoms. The second-order valence-electron chi connectivity index (χ2n) is 7.56. The number of carbonyl (C=O) groups excluding carboxylic acids is 2. The van der Waals surface area contributed by atoms with Crippen LogP contribution >= 0.6 is 11.6 Å². The van der Waals surface area contributed by atoms with E-state index in [1.54, 1.807) is 25.3 Å². The van der Waals surface area contributed by atoms with Gasteiger partial charge in [0, 0.05) is 11.5 Å². The predicted molar refractivity (Wildman–Crippen MR) is 113 cm³/mol. The second-order valence-corrected chi connectivity index (χ2v) is 7.97. The molecule has 1 amide bonds. The van der Waals surface area contributed by atoms with Crippen LogP contribution in [-0.4, -0.2) is 24.7 Å². The Bertz CT molecular complexity index is 1120. The lowest BCUT2D eigenvalue weighted by molar-refractivity contribution is -0.123. The van der Waals surface area contributed by atoms with Crippen molar-refractivity contribution in [2.75, 3.05) is 12.1 Å². The average Bonchev–Trinajstić information content (AvgIpc) is 3.14. The molecule has 2 heterocycles. The van der Waals surface area contributed by atoms with E-state index < -0.39 is 0 Å². The van der Waals surface area contributed by atoms with Crippen LogP contribution < -0.4 is 9.75 Å². The number of ether oxygens (including phenoxy) is 2. The average molecular weight is 423 g/mol. The van der Waals surface area contributed by atoms with E-state index in [-0.39, 0.29) is 30.3 Å². The number of hydrazone groups is 1. The van der Waals surface area contributed by atoms with Crippen molar-refractivity contribution in [2.45, 2.75) is 19.4 Å². The van der Waals surface area contributed by atoms with Crippen LogP contribution in [0.15, 0.2) is 53.7 Å². The number of hydrogen-bond acceptors (Lipinski definition) is 5. The summed E-state index contributed by atoms with van der Waals surface area (Å²) in [5.74, 6) is -0.000769. The summed E-state index contributed by atoms with van der Waals surface area (Å²) in [5, 5.41) is 6.72. The lowest BCUT2D eigenvalue weighted by Gasteiger charge is -2.37. The van der Waals surface area contributed by atoms with Crippen molar-refractivity contribution >= 4 is 34.9 Å². The molecule has 2 aliphatic heterocycles. The van der Waals surface area contributed by atoms with Gasteiger partial charge in [0.1, 0.15) is 12.4 Å². The van der Waals surface area contributed by atoms with Crippen LogP contribution in [0.2, 0.25) is 5.02 Å². The van der Waals surface area contributed by atoms with E-state index in [4.69, 9.17) is 26.2 Å². The van der Waals surface area contributed by atoms with E-state index in [1.807, 2.05) is 18.2 Å². The molecule has 152 valence electrons. The summed E-state index contributed by atoms with van der Waals surface area (Å²) in [6.07, 6.45) is 5.56. The van der Waals surface area contributed by atoms with Crippen LogP contribution in [0, 0.1) is 11.8 Å². The number of hydrogen-bond donors (Lipinski definition) is 0. The van der Waals surface area contributed by atoms with Gasteiger partial charge in [-0.25, -0.2) is 9.80 Å². The Morgan fingerprint density at radius 2 is 1.90 bits per heavy atom. The fourth-order valence-electron chi connectivity index (χ4n) is 4.31. The first-order valence-electron chi connectivity index (χ1n) is 9.78. The molecular weight excluding hydrogens is 404 g/mol. The smallest absolute Gasteiger partial charge is 0.338 e. The molecule has 1 aliphatic carbocycles. The first-order chi connectivity index (χ1) is 14.6. The zero-order chi connectivity index (χ0) is 20.8. The molecule has 0 fully saturated rings. The van der Waals surface area contributed by atoms with Crippen molar-refractivity contribution in [2.24, 2.45) is 16.9 Å². The minimum Gasteiger partial charge on any atom is -0.495 e. The summed E-state index contributed by atoms with van der Waals surface area (Å²) in [4.78, 5) is 25.1. The van der Waals surface area contributed by atoms with Gasteiger partial charge in [-0.05, 0) is 54.8 Å². The number of cyclic esters (lactones) is 1. The van der Waals surface area contributed by atoms with Crippen LogP contribution in [0.3, 0.4) is 0 Å². The number of fused-ring (bicyclic) bond motifs is 2. The largest absolute Gasteiger partial charge is 0.495 e. The molecule has 3 aliphatic rings. The number of halogens is 1. The monoisotopic (exact) mass is 422 g/mol. The van der Waals surface area contributed by atoms with Gasteiger partial charge in [0.15, 0.2) is 0 Å². The number of allylic oxidation sites excluding steroid dienone is 2. The van der Waals surface area contributed by atoms with Crippen LogP contribution in [0.1, 0.15) is 34.3 Å². The summed E-state index contributed by atoms with van der Waals surface area (Å²) >= 11 is 6.36. The van der Waals surface area contributed by atoms with Crippen LogP contribution in [0.4, 0.5) is 5.69 Å². The number of esters is 1. The van der Waals surface area contributed by atoms with Crippen molar-refractivity contribution in [1.82, 2.24) is 0 Å². The third-order valence-corrected chi connectivity index (χ3v) is 6.17. The minimum atomic E-state index is -0.337. The first-order valence-corrected chi connectivity index (χ1v) is 10.2. The van der Waals surface area contributed by atoms with Gasteiger partial charge in [0.25, 0.3) is 5.91 Å². The fraction of sp³-hybridized carbons (Fsp3) is 0.261. The van der Waals surface area contributed by atoms with E-state index in [9.17, 15) is 9.59 Å². The topological polar surface area (TPSA) is 68.2 Å². The Morgan fingerprint density at radius 3 is 2.67 bits per heavy atom. The predicted octanol–water partition coefficient (Wildman–Crippen LogP) is 4.35. The normalized spacial score (nSPS) is 22.3. The summed E-state index contributed by atoms with van der Waals surface area (Å²) in [5.41, 5.74) is 3.61. The number of carbonyl (C=O) groups is 2. The van der Waals surface area contributed by atoms with Gasteiger partial charge in [-0.3, -0.25) is 4.79 Å². The van der Waals surface area contributed by atoms with Crippen molar-refractivity contribution < 1.29 is 19.1 Å². The Morgan fingerprint density at radius 1 is 1.10 bits per heavy atom. The molecule has 6 nitrogen and oxygen atoms in total. The number of rotatable bonds is 3. The SMILES string of the molecule is COc1ccc(C2=NN(c3ccc4c(c3)COC4=O)C(=O)[C@@H]3CC=CC[C@H]23)cc1Cl. The maximum atomic E-state index is 13.3. The van der Waals surface area contributed by atoms with E-state index >= 15 is 0 Å². The van der Waals surface area contributed by atoms with Gasteiger partial charge in [-0.1, -0.05) is 23.8 Å². The van der Waals surface area contributed by atoms with Gasteiger partial charge in [0.2, 0.25) is 0 Å². The quantitative estimate of drug-likeness (QED) is 0.544. The maximum absolute atomic E-state index is 13.3. The van der Waals surface area contributed by atoms with Crippen LogP contribution in [0.25, 0.3) is 0 Å². The molecule has 0 spiro atoms. The number of nitrogens with zero attached hydrogens (tertiary/aromatic N) is 2. The Hall–Kier alpha value is -3.12. The molecule has 2 aromatic rings. The highest BCUT2D eigenvalue weighted by Gasteiger charge is 2.41. The third kappa shape index (κ3) is 2.99. The maximum Gasteiger partial charge on any atom is 0.338 e. The van der Waals surface area contributed by atoms with E-state index in [0.29, 0.717) is 28.4 Å². The van der Waals surface area contributed by atoms with E-state index in [1.165, 1.54) is 5.01 Å². The van der Waals surface area contributed by atoms with Gasteiger partial charge in [-0.15, -0.1) is 0 Å². The number of methoxy groups -OCH3 is 1. The van der Waals surface area contributed by atoms with Crippen molar-refractivity contribution in [3.05, 3.63) is 70.3 Å². The second kappa shape index (κ2) is 7.29. The molecule has 0 saturated heterocycles. The zero-order valence-electron chi connectivity index (χ0n) is 16.3. The highest BCUT2D eigenvalue weighted by molar-refractivity contribution is 6.32. The van der Waals surface area contributed by atoms with Crippen molar-refractivity contribution in [1.29, 1.82) is 0 Å². The van der Waals surface area contributed by atoms with E-state index in [0.717, 1.165) is 23.3 Å². The highest BCUT2D eigenvalue weighted by Crippen LogP contribution is 2.38. The van der Waals surface area contributed by atoms with Gasteiger partial charge in [0.05, 0.1) is 35.0 Å². The summed E-state index contributed by atoms with van der Waals surface area (Å²) in [6.45, 7) is 0.212. The summed E-state index contributed by atoms with van der Waals surface area (Å²) in [7, 11) is 1.57. The summed E-state index contributed by atoms with van der Waals surface area (Å²) in [6, 6.07) is 10.8. The Balaban J connectivity index is 1.61. The van der Waals surface area contributed by atoms with Crippen molar-refractivity contribution in [3.63, 3.8) is 0 Å². The van der Waals surface area contributed by atoms with Gasteiger partial charge < -0.3 is 9.47 Å². The molecule has 0 unspecified atom stereocenters. The van der Waals surface area contributed by atoms with Crippen LogP contribution in [-0.2, 0) is 16.1 Å². The molecule has 0 radical (unpaired) electrons. The summed E-state index contributed by atoms with van der Waals surface area (Å²) < 4.78 is 10.4. The van der Waals surface area contributed by atoms with Crippen LogP contribution in [0.5, 0.6) is 5.75 Å². The van der Waals surface area contributed by atoms with Crippen molar-refractivity contribution in [3.8, 4) is 5.75 Å². The minimum absolute atomic E-state index is 0.0115. The zero-order valence-corrected chi connectivity index (χ0v) is 17.1. The molecule has 0 N–H and O–H groups in total. The number of amides is 1. The fourth-order valence-corrected chi connectivity index (χ4v) is 4.57. The molecule has 0 aromatic heterocycles. The standard InChI is InChI=1S/C23H19ClN2O4/c1-29-20-9-6-13(11-19(20)24)21-17-4-2-3-5-18(17)22(27)26(25-21)15-7-8-16-14(10-15)12-30-23(16)28/h2-3,6-11,17-18H,4-5,12H2,1H3/t17-,18+/m0/s1.